The number of carbonyl (C=O) groups is 1. The van der Waals surface area contributed by atoms with E-state index in [0.717, 1.165) is 0 Å². The van der Waals surface area contributed by atoms with Crippen molar-refractivity contribution in [3.05, 3.63) is 27.7 Å². The molecule has 0 aliphatic heterocycles. The Bertz CT molecular complexity index is 342. The molecule has 11 heavy (non-hydrogen) atoms. The van der Waals surface area contributed by atoms with Gasteiger partial charge in [-0.2, -0.15) is 5.10 Å². The fourth-order valence-corrected chi connectivity index (χ4v) is 0.713. The molecular weight excluding hydrogens is 148 g/mol. The molecule has 0 aliphatic rings. The van der Waals surface area contributed by atoms with E-state index in [0.29, 0.717) is 5.56 Å². The quantitative estimate of drug-likeness (QED) is 0.585. The molecule has 0 unspecified atom stereocenters. The summed E-state index contributed by atoms with van der Waals surface area (Å²) in [6.45, 7) is 1.52. The van der Waals surface area contributed by atoms with E-state index < -0.39 is 11.5 Å². The molecule has 1 aromatic heterocycles. The first-order valence-electron chi connectivity index (χ1n) is 2.91. The van der Waals surface area contributed by atoms with Crippen LogP contribution in [0.25, 0.3) is 0 Å². The highest BCUT2D eigenvalue weighted by Crippen LogP contribution is 1.97. The van der Waals surface area contributed by atoms with Gasteiger partial charge in [0.15, 0.2) is 5.69 Å². The number of carboxylic acids is 1. The van der Waals surface area contributed by atoms with E-state index in [4.69, 9.17) is 5.11 Å². The van der Waals surface area contributed by atoms with Crippen molar-refractivity contribution < 1.29 is 9.90 Å². The summed E-state index contributed by atoms with van der Waals surface area (Å²) in [4.78, 5) is 20.9. The van der Waals surface area contributed by atoms with Crippen LogP contribution in [0.1, 0.15) is 16.1 Å². The Balaban J connectivity index is 3.31. The molecule has 58 valence electrons. The first-order chi connectivity index (χ1) is 5.11. The predicted molar refractivity (Wildman–Crippen MR) is 36.6 cm³/mol. The number of carboxylic acid groups (broad SMARTS) is 1. The maximum atomic E-state index is 10.6. The minimum Gasteiger partial charge on any atom is -0.476 e. The first-order valence-corrected chi connectivity index (χ1v) is 2.91. The number of hydrogen-bond donors (Lipinski definition) is 2. The topological polar surface area (TPSA) is 83.0 Å². The maximum Gasteiger partial charge on any atom is 0.356 e. The fraction of sp³-hybridized carbons (Fsp3) is 0.167. The molecule has 0 saturated carbocycles. The number of rotatable bonds is 1. The van der Waals surface area contributed by atoms with Crippen LogP contribution in [0.15, 0.2) is 10.9 Å². The molecule has 0 saturated heterocycles. The van der Waals surface area contributed by atoms with Crippen LogP contribution < -0.4 is 5.56 Å². The lowest BCUT2D eigenvalue weighted by Gasteiger charge is -1.94. The number of aromatic amines is 1. The Morgan fingerprint density at radius 2 is 2.36 bits per heavy atom. The summed E-state index contributed by atoms with van der Waals surface area (Å²) in [5.41, 5.74) is -0.154. The van der Waals surface area contributed by atoms with Gasteiger partial charge in [0.2, 0.25) is 0 Å². The first kappa shape index (κ1) is 7.46. The van der Waals surface area contributed by atoms with Gasteiger partial charge in [-0.15, -0.1) is 0 Å². The van der Waals surface area contributed by atoms with Crippen molar-refractivity contribution in [1.82, 2.24) is 10.2 Å². The summed E-state index contributed by atoms with van der Waals surface area (Å²) in [6.07, 6.45) is 0. The standard InChI is InChI=1S/C6H6N2O3/c1-3-2-4(9)7-8-5(3)6(10)11/h2H,1H3,(H,7,9)(H,10,11). The van der Waals surface area contributed by atoms with Gasteiger partial charge in [0, 0.05) is 6.07 Å². The molecule has 5 nitrogen and oxygen atoms in total. The SMILES string of the molecule is Cc1cc(=O)[nH]nc1C(=O)O. The van der Waals surface area contributed by atoms with Gasteiger partial charge in [-0.05, 0) is 12.5 Å². The Kier molecular flexibility index (Phi) is 1.72. The lowest BCUT2D eigenvalue weighted by Crippen LogP contribution is -2.13. The normalized spacial score (nSPS) is 9.55. The molecule has 1 aromatic rings. The molecule has 0 aliphatic carbocycles. The zero-order valence-electron chi connectivity index (χ0n) is 5.79. The highest BCUT2D eigenvalue weighted by atomic mass is 16.4. The molecule has 0 aromatic carbocycles. The van der Waals surface area contributed by atoms with Gasteiger partial charge >= 0.3 is 5.97 Å². The minimum atomic E-state index is -1.14. The van der Waals surface area contributed by atoms with Crippen molar-refractivity contribution in [2.45, 2.75) is 6.92 Å². The predicted octanol–water partition coefficient (Wildman–Crippen LogP) is -0.223. The molecule has 1 heterocycles. The Hall–Kier alpha value is -1.65. The monoisotopic (exact) mass is 154 g/mol. The van der Waals surface area contributed by atoms with Crippen molar-refractivity contribution in [1.29, 1.82) is 0 Å². The molecule has 2 N–H and O–H groups in total. The number of nitrogens with zero attached hydrogens (tertiary/aromatic N) is 1. The van der Waals surface area contributed by atoms with Crippen LogP contribution in [0.3, 0.4) is 0 Å². The van der Waals surface area contributed by atoms with E-state index in [1.54, 1.807) is 0 Å². The molecule has 0 fully saturated rings. The van der Waals surface area contributed by atoms with Gasteiger partial charge in [0.1, 0.15) is 0 Å². The van der Waals surface area contributed by atoms with Crippen molar-refractivity contribution in [3.63, 3.8) is 0 Å². The average Bonchev–Trinajstić information content (AvgIpc) is 1.85. The summed E-state index contributed by atoms with van der Waals surface area (Å²) in [5.74, 6) is -1.14. The smallest absolute Gasteiger partial charge is 0.356 e. The van der Waals surface area contributed by atoms with Crippen LogP contribution in [0, 0.1) is 6.92 Å². The molecule has 1 rings (SSSR count). The van der Waals surface area contributed by atoms with E-state index in [1.807, 2.05) is 5.10 Å². The van der Waals surface area contributed by atoms with Gasteiger partial charge in [0.05, 0.1) is 0 Å². The summed E-state index contributed by atoms with van der Waals surface area (Å²) in [6, 6.07) is 1.19. The van der Waals surface area contributed by atoms with Gasteiger partial charge in [-0.25, -0.2) is 9.89 Å². The van der Waals surface area contributed by atoms with Crippen LogP contribution in [0.2, 0.25) is 0 Å². The second kappa shape index (κ2) is 2.53. The molecule has 5 heteroatoms. The molecule has 0 bridgehead atoms. The molecule has 0 spiro atoms. The lowest BCUT2D eigenvalue weighted by molar-refractivity contribution is 0.0688. The number of aryl methyl sites for hydroxylation is 1. The van der Waals surface area contributed by atoms with Crippen molar-refractivity contribution >= 4 is 5.97 Å². The maximum absolute atomic E-state index is 10.6. The molecule has 0 atom stereocenters. The second-order valence-electron chi connectivity index (χ2n) is 2.07. The summed E-state index contributed by atoms with van der Waals surface area (Å²) in [7, 11) is 0. The van der Waals surface area contributed by atoms with Gasteiger partial charge in [0.25, 0.3) is 5.56 Å². The largest absolute Gasteiger partial charge is 0.476 e. The van der Waals surface area contributed by atoms with Crippen LogP contribution in [0.5, 0.6) is 0 Å². The van der Waals surface area contributed by atoms with Gasteiger partial charge < -0.3 is 5.11 Å². The van der Waals surface area contributed by atoms with E-state index in [1.165, 1.54) is 13.0 Å². The zero-order valence-corrected chi connectivity index (χ0v) is 5.79. The Morgan fingerprint density at radius 1 is 1.73 bits per heavy atom. The average molecular weight is 154 g/mol. The highest BCUT2D eigenvalue weighted by molar-refractivity contribution is 5.86. The molecule has 0 radical (unpaired) electrons. The summed E-state index contributed by atoms with van der Waals surface area (Å²) in [5, 5.41) is 13.8. The number of aromatic carboxylic acids is 1. The van der Waals surface area contributed by atoms with Crippen molar-refractivity contribution in [2.24, 2.45) is 0 Å². The molecular formula is C6H6N2O3. The van der Waals surface area contributed by atoms with E-state index in [2.05, 4.69) is 5.10 Å². The van der Waals surface area contributed by atoms with Crippen LogP contribution in [0.4, 0.5) is 0 Å². The van der Waals surface area contributed by atoms with Crippen LogP contribution in [-0.4, -0.2) is 21.3 Å². The third-order valence-electron chi connectivity index (χ3n) is 1.20. The fourth-order valence-electron chi connectivity index (χ4n) is 0.713. The third kappa shape index (κ3) is 1.43. The molecule has 0 amide bonds. The van der Waals surface area contributed by atoms with E-state index in [9.17, 15) is 9.59 Å². The lowest BCUT2D eigenvalue weighted by atomic mass is 10.2. The third-order valence-corrected chi connectivity index (χ3v) is 1.20. The number of H-pyrrole nitrogens is 1. The zero-order chi connectivity index (χ0) is 8.43. The van der Waals surface area contributed by atoms with Crippen molar-refractivity contribution in [3.8, 4) is 0 Å². The highest BCUT2D eigenvalue weighted by Gasteiger charge is 2.07. The van der Waals surface area contributed by atoms with Gasteiger partial charge in [-0.3, -0.25) is 4.79 Å². The van der Waals surface area contributed by atoms with E-state index in [-0.39, 0.29) is 5.69 Å². The minimum absolute atomic E-state index is 0.121. The number of hydrogen-bond acceptors (Lipinski definition) is 3. The Labute approximate surface area is 61.7 Å². The van der Waals surface area contributed by atoms with Crippen LogP contribution in [-0.2, 0) is 0 Å². The summed E-state index contributed by atoms with van der Waals surface area (Å²) >= 11 is 0. The van der Waals surface area contributed by atoms with Gasteiger partial charge in [-0.1, -0.05) is 0 Å². The number of aromatic nitrogens is 2. The van der Waals surface area contributed by atoms with E-state index >= 15 is 0 Å². The number of nitrogens with one attached hydrogen (secondary N) is 1. The second-order valence-corrected chi connectivity index (χ2v) is 2.07. The van der Waals surface area contributed by atoms with Crippen molar-refractivity contribution in [2.75, 3.05) is 0 Å². The van der Waals surface area contributed by atoms with Crippen LogP contribution >= 0.6 is 0 Å². The Morgan fingerprint density at radius 3 is 2.82 bits per heavy atom. The summed E-state index contributed by atoms with van der Waals surface area (Å²) < 4.78 is 0.